The average Bonchev–Trinajstić information content (AvgIpc) is 2.20. The Hall–Kier alpha value is -1.20. The van der Waals surface area contributed by atoms with E-state index in [0.717, 1.165) is 12.1 Å². The summed E-state index contributed by atoms with van der Waals surface area (Å²) >= 11 is 0. The minimum atomic E-state index is -0.978. The van der Waals surface area contributed by atoms with E-state index < -0.39 is 17.7 Å². The van der Waals surface area contributed by atoms with E-state index in [9.17, 15) is 13.9 Å². The van der Waals surface area contributed by atoms with E-state index in [-0.39, 0.29) is 19.0 Å². The zero-order chi connectivity index (χ0) is 11.3. The van der Waals surface area contributed by atoms with Gasteiger partial charge in [0.2, 0.25) is 0 Å². The van der Waals surface area contributed by atoms with Crippen molar-refractivity contribution in [2.24, 2.45) is 0 Å². The number of rotatable bonds is 5. The predicted octanol–water partition coefficient (Wildman–Crippen LogP) is 1.35. The highest BCUT2D eigenvalue weighted by atomic mass is 19.2. The summed E-state index contributed by atoms with van der Waals surface area (Å²) in [6, 6.07) is 3.18. The SMILES string of the molecule is COC[C@@H](O)COc1ccc(F)c(F)c1. The predicted molar refractivity (Wildman–Crippen MR) is 49.7 cm³/mol. The van der Waals surface area contributed by atoms with Gasteiger partial charge in [-0.3, -0.25) is 0 Å². The number of benzene rings is 1. The monoisotopic (exact) mass is 218 g/mol. The van der Waals surface area contributed by atoms with E-state index >= 15 is 0 Å². The first kappa shape index (κ1) is 11.9. The fraction of sp³-hybridized carbons (Fsp3) is 0.400. The smallest absolute Gasteiger partial charge is 0.162 e. The Morgan fingerprint density at radius 3 is 2.60 bits per heavy atom. The van der Waals surface area contributed by atoms with Gasteiger partial charge < -0.3 is 14.6 Å². The van der Waals surface area contributed by atoms with Crippen LogP contribution in [0.5, 0.6) is 5.75 Å². The van der Waals surface area contributed by atoms with Gasteiger partial charge in [0.1, 0.15) is 18.5 Å². The topological polar surface area (TPSA) is 38.7 Å². The molecule has 84 valence electrons. The lowest BCUT2D eigenvalue weighted by Gasteiger charge is -2.11. The molecule has 0 aliphatic carbocycles. The Morgan fingerprint density at radius 2 is 2.00 bits per heavy atom. The van der Waals surface area contributed by atoms with E-state index in [1.807, 2.05) is 0 Å². The summed E-state index contributed by atoms with van der Waals surface area (Å²) in [5.74, 6) is -1.74. The number of hydrogen-bond acceptors (Lipinski definition) is 3. The van der Waals surface area contributed by atoms with Crippen LogP contribution in [0.15, 0.2) is 18.2 Å². The van der Waals surface area contributed by atoms with Crippen molar-refractivity contribution in [2.75, 3.05) is 20.3 Å². The molecule has 0 saturated carbocycles. The second-order valence-corrected chi connectivity index (χ2v) is 3.00. The molecule has 0 amide bonds. The highest BCUT2D eigenvalue weighted by molar-refractivity contribution is 5.23. The van der Waals surface area contributed by atoms with Crippen molar-refractivity contribution in [2.45, 2.75) is 6.10 Å². The van der Waals surface area contributed by atoms with Gasteiger partial charge in [-0.05, 0) is 12.1 Å². The number of ether oxygens (including phenoxy) is 2. The Balaban J connectivity index is 2.47. The van der Waals surface area contributed by atoms with Crippen molar-refractivity contribution in [3.05, 3.63) is 29.8 Å². The van der Waals surface area contributed by atoms with Crippen molar-refractivity contribution < 1.29 is 23.4 Å². The second kappa shape index (κ2) is 5.63. The van der Waals surface area contributed by atoms with E-state index in [1.165, 1.54) is 13.2 Å². The van der Waals surface area contributed by atoms with Crippen molar-refractivity contribution in [3.63, 3.8) is 0 Å². The summed E-state index contributed by atoms with van der Waals surface area (Å²) in [5.41, 5.74) is 0. The number of aliphatic hydroxyl groups is 1. The molecule has 0 saturated heterocycles. The van der Waals surface area contributed by atoms with Crippen molar-refractivity contribution in [1.82, 2.24) is 0 Å². The van der Waals surface area contributed by atoms with Crippen LogP contribution in [0, 0.1) is 11.6 Å². The molecule has 0 aromatic heterocycles. The molecule has 1 atom stereocenters. The lowest BCUT2D eigenvalue weighted by molar-refractivity contribution is 0.0324. The Labute approximate surface area is 86.2 Å². The summed E-state index contributed by atoms with van der Waals surface area (Å²) in [5, 5.41) is 9.22. The molecule has 15 heavy (non-hydrogen) atoms. The van der Waals surface area contributed by atoms with E-state index in [4.69, 9.17) is 4.74 Å². The quantitative estimate of drug-likeness (QED) is 0.810. The Kier molecular flexibility index (Phi) is 4.45. The van der Waals surface area contributed by atoms with Crippen LogP contribution in [0.4, 0.5) is 8.78 Å². The van der Waals surface area contributed by atoms with Crippen LogP contribution >= 0.6 is 0 Å². The lowest BCUT2D eigenvalue weighted by atomic mass is 10.3. The maximum absolute atomic E-state index is 12.7. The molecule has 0 aliphatic heterocycles. The van der Waals surface area contributed by atoms with Crippen LogP contribution in [-0.4, -0.2) is 31.5 Å². The minimum Gasteiger partial charge on any atom is -0.491 e. The zero-order valence-corrected chi connectivity index (χ0v) is 8.24. The molecule has 0 heterocycles. The molecule has 5 heteroatoms. The third kappa shape index (κ3) is 3.81. The molecule has 3 nitrogen and oxygen atoms in total. The van der Waals surface area contributed by atoms with Gasteiger partial charge in [-0.15, -0.1) is 0 Å². The molecule has 0 radical (unpaired) electrons. The summed E-state index contributed by atoms with van der Waals surface area (Å²) in [4.78, 5) is 0. The molecule has 1 rings (SSSR count). The van der Waals surface area contributed by atoms with Crippen LogP contribution < -0.4 is 4.74 Å². The first-order valence-electron chi connectivity index (χ1n) is 4.38. The minimum absolute atomic E-state index is 0.0289. The fourth-order valence-electron chi connectivity index (χ4n) is 1.000. The van der Waals surface area contributed by atoms with Gasteiger partial charge in [-0.2, -0.15) is 0 Å². The lowest BCUT2D eigenvalue weighted by Crippen LogP contribution is -2.22. The molecule has 1 aromatic rings. The number of hydrogen-bond donors (Lipinski definition) is 1. The van der Waals surface area contributed by atoms with E-state index in [2.05, 4.69) is 4.74 Å². The van der Waals surface area contributed by atoms with Gasteiger partial charge in [0.15, 0.2) is 11.6 Å². The largest absolute Gasteiger partial charge is 0.491 e. The molecule has 0 aliphatic rings. The first-order chi connectivity index (χ1) is 7.13. The summed E-state index contributed by atoms with van der Waals surface area (Å²) in [7, 11) is 1.45. The fourth-order valence-corrected chi connectivity index (χ4v) is 1.000. The first-order valence-corrected chi connectivity index (χ1v) is 4.38. The third-order valence-corrected chi connectivity index (χ3v) is 1.69. The van der Waals surface area contributed by atoms with Gasteiger partial charge in [-0.1, -0.05) is 0 Å². The van der Waals surface area contributed by atoms with Crippen LogP contribution in [0.25, 0.3) is 0 Å². The second-order valence-electron chi connectivity index (χ2n) is 3.00. The van der Waals surface area contributed by atoms with Gasteiger partial charge in [0.25, 0.3) is 0 Å². The molecule has 0 spiro atoms. The molecule has 1 aromatic carbocycles. The van der Waals surface area contributed by atoms with E-state index in [0.29, 0.717) is 0 Å². The third-order valence-electron chi connectivity index (χ3n) is 1.69. The van der Waals surface area contributed by atoms with E-state index in [1.54, 1.807) is 0 Å². The molecular formula is C10H12F2O3. The zero-order valence-electron chi connectivity index (χ0n) is 8.24. The van der Waals surface area contributed by atoms with Crippen LogP contribution in [0.1, 0.15) is 0 Å². The van der Waals surface area contributed by atoms with Crippen molar-refractivity contribution >= 4 is 0 Å². The number of halogens is 2. The molecule has 0 fully saturated rings. The number of methoxy groups -OCH3 is 1. The normalized spacial score (nSPS) is 12.5. The summed E-state index contributed by atoms with van der Waals surface area (Å²) in [6.45, 7) is 0.0998. The van der Waals surface area contributed by atoms with Crippen molar-refractivity contribution in [1.29, 1.82) is 0 Å². The standard InChI is InChI=1S/C10H12F2O3/c1-14-5-7(13)6-15-8-2-3-9(11)10(12)4-8/h2-4,7,13H,5-6H2,1H3/t7-/m1/s1. The van der Waals surface area contributed by atoms with Crippen LogP contribution in [0.2, 0.25) is 0 Å². The molecule has 0 bridgehead atoms. The van der Waals surface area contributed by atoms with Gasteiger partial charge in [0.05, 0.1) is 6.61 Å². The van der Waals surface area contributed by atoms with Crippen LogP contribution in [0.3, 0.4) is 0 Å². The molecular weight excluding hydrogens is 206 g/mol. The Bertz CT molecular complexity index is 318. The number of aliphatic hydroxyl groups excluding tert-OH is 1. The molecule has 1 N–H and O–H groups in total. The molecule has 0 unspecified atom stereocenters. The maximum Gasteiger partial charge on any atom is 0.162 e. The Morgan fingerprint density at radius 1 is 1.27 bits per heavy atom. The summed E-state index contributed by atoms with van der Waals surface area (Å²) < 4.78 is 34.9. The van der Waals surface area contributed by atoms with Gasteiger partial charge in [-0.25, -0.2) is 8.78 Å². The highest BCUT2D eigenvalue weighted by Crippen LogP contribution is 2.15. The average molecular weight is 218 g/mol. The summed E-state index contributed by atoms with van der Waals surface area (Å²) in [6.07, 6.45) is -0.789. The van der Waals surface area contributed by atoms with Gasteiger partial charge >= 0.3 is 0 Å². The van der Waals surface area contributed by atoms with Gasteiger partial charge in [0, 0.05) is 13.2 Å². The van der Waals surface area contributed by atoms with Crippen LogP contribution in [-0.2, 0) is 4.74 Å². The maximum atomic E-state index is 12.7. The highest BCUT2D eigenvalue weighted by Gasteiger charge is 2.06. The van der Waals surface area contributed by atoms with Crippen molar-refractivity contribution in [3.8, 4) is 5.75 Å².